The Labute approximate surface area is 469 Å². The third-order valence-corrected chi connectivity index (χ3v) is 16.0. The van der Waals surface area contributed by atoms with Crippen LogP contribution in [0.3, 0.4) is 0 Å². The number of amides is 1. The normalized spacial score (nSPS) is 12.6. The van der Waals surface area contributed by atoms with E-state index in [4.69, 9.17) is 4.74 Å². The zero-order valence-corrected chi connectivity index (χ0v) is 50.8. The van der Waals surface area contributed by atoms with Crippen molar-refractivity contribution in [2.75, 3.05) is 13.2 Å². The van der Waals surface area contributed by atoms with E-state index in [0.29, 0.717) is 25.9 Å². The molecular weight excluding hydrogens is 923 g/mol. The lowest BCUT2D eigenvalue weighted by atomic mass is 10.0. The molecule has 0 aromatic rings. The van der Waals surface area contributed by atoms with Gasteiger partial charge in [0.2, 0.25) is 5.91 Å². The van der Waals surface area contributed by atoms with E-state index in [-0.39, 0.29) is 18.5 Å². The molecule has 0 saturated carbocycles. The van der Waals surface area contributed by atoms with E-state index in [1.807, 2.05) is 0 Å². The first-order chi connectivity index (χ1) is 37.0. The van der Waals surface area contributed by atoms with Crippen LogP contribution in [0.5, 0.6) is 0 Å². The van der Waals surface area contributed by atoms with E-state index in [1.54, 1.807) is 0 Å². The van der Waals surface area contributed by atoms with Crippen molar-refractivity contribution in [3.63, 3.8) is 0 Å². The minimum atomic E-state index is -0.670. The smallest absolute Gasteiger partial charge is 0.305 e. The summed E-state index contributed by atoms with van der Waals surface area (Å²) in [5.41, 5.74) is 0. The van der Waals surface area contributed by atoms with E-state index in [2.05, 4.69) is 43.5 Å². The number of nitrogens with one attached hydrogen (secondary N) is 1. The number of hydrogen-bond donors (Lipinski definition) is 3. The van der Waals surface area contributed by atoms with Gasteiger partial charge in [-0.1, -0.05) is 314 Å². The highest BCUT2D eigenvalue weighted by atomic mass is 16.5. The Balaban J connectivity index is 3.41. The molecule has 0 aromatic heterocycles. The summed E-state index contributed by atoms with van der Waals surface area (Å²) in [5.74, 6) is -0.0333. The highest BCUT2D eigenvalue weighted by Gasteiger charge is 2.20. The minimum Gasteiger partial charge on any atom is -0.466 e. The predicted molar refractivity (Wildman–Crippen MR) is 329 cm³/mol. The van der Waals surface area contributed by atoms with E-state index in [9.17, 15) is 19.8 Å². The Hall–Kier alpha value is -1.66. The third kappa shape index (κ3) is 61.4. The molecule has 0 heterocycles. The Morgan fingerprint density at radius 3 is 0.947 bits per heavy atom. The molecule has 75 heavy (non-hydrogen) atoms. The Morgan fingerprint density at radius 2 is 0.627 bits per heavy atom. The molecule has 0 rings (SSSR count). The SMILES string of the molecule is CCCCCCCC/C=C\CCCCCCCCCC(=O)OCCCCCCCCCCCC/C=C\CCCCCCCCCC(=O)NC(CO)C(O)CCCCCCCCCCCCCCCCCCCCCC. The molecule has 0 radical (unpaired) electrons. The average molecular weight is 1060 g/mol. The summed E-state index contributed by atoms with van der Waals surface area (Å²) in [4.78, 5) is 24.6. The predicted octanol–water partition coefficient (Wildman–Crippen LogP) is 21.8. The van der Waals surface area contributed by atoms with Crippen LogP contribution in [0, 0.1) is 0 Å². The first kappa shape index (κ1) is 73.3. The number of aliphatic hydroxyl groups is 2. The topological polar surface area (TPSA) is 95.9 Å². The van der Waals surface area contributed by atoms with Crippen LogP contribution < -0.4 is 5.32 Å². The van der Waals surface area contributed by atoms with Crippen LogP contribution >= 0.6 is 0 Å². The van der Waals surface area contributed by atoms with Crippen LogP contribution in [0.25, 0.3) is 0 Å². The van der Waals surface area contributed by atoms with Crippen molar-refractivity contribution in [2.24, 2.45) is 0 Å². The molecule has 0 aliphatic carbocycles. The van der Waals surface area contributed by atoms with Gasteiger partial charge in [-0.25, -0.2) is 0 Å². The number of esters is 1. The number of unbranched alkanes of at least 4 members (excludes halogenated alkanes) is 49. The summed E-state index contributed by atoms with van der Waals surface area (Å²) < 4.78 is 5.49. The summed E-state index contributed by atoms with van der Waals surface area (Å²) in [7, 11) is 0. The first-order valence-electron chi connectivity index (χ1n) is 34.1. The van der Waals surface area contributed by atoms with Crippen molar-refractivity contribution < 1.29 is 24.5 Å². The zero-order chi connectivity index (χ0) is 54.3. The number of hydrogen-bond acceptors (Lipinski definition) is 5. The van der Waals surface area contributed by atoms with E-state index in [1.165, 1.54) is 302 Å². The number of ether oxygens (including phenoxy) is 1. The van der Waals surface area contributed by atoms with Crippen molar-refractivity contribution in [2.45, 2.75) is 392 Å². The Bertz CT molecular complexity index is 1170. The molecule has 0 fully saturated rings. The molecule has 6 heteroatoms. The highest BCUT2D eigenvalue weighted by molar-refractivity contribution is 5.76. The van der Waals surface area contributed by atoms with Gasteiger partial charge in [-0.3, -0.25) is 9.59 Å². The second-order valence-corrected chi connectivity index (χ2v) is 23.5. The first-order valence-corrected chi connectivity index (χ1v) is 34.1. The van der Waals surface area contributed by atoms with E-state index >= 15 is 0 Å². The van der Waals surface area contributed by atoms with Crippen molar-refractivity contribution in [3.8, 4) is 0 Å². The van der Waals surface area contributed by atoms with Crippen LogP contribution in [0.4, 0.5) is 0 Å². The van der Waals surface area contributed by atoms with Crippen LogP contribution in [-0.2, 0) is 14.3 Å². The Morgan fingerprint density at radius 1 is 0.360 bits per heavy atom. The largest absolute Gasteiger partial charge is 0.466 e. The van der Waals surface area contributed by atoms with Gasteiger partial charge >= 0.3 is 5.97 Å². The number of allylic oxidation sites excluding steroid dienone is 4. The number of aliphatic hydroxyl groups excluding tert-OH is 2. The van der Waals surface area contributed by atoms with Gasteiger partial charge in [0.05, 0.1) is 25.4 Å². The summed E-state index contributed by atoms with van der Waals surface area (Å²) in [6.45, 7) is 4.97. The van der Waals surface area contributed by atoms with Crippen molar-refractivity contribution in [1.29, 1.82) is 0 Å². The Kier molecular flexibility index (Phi) is 63.4. The van der Waals surface area contributed by atoms with Crippen molar-refractivity contribution >= 4 is 11.9 Å². The summed E-state index contributed by atoms with van der Waals surface area (Å²) >= 11 is 0. The average Bonchev–Trinajstić information content (AvgIpc) is 3.41. The lowest BCUT2D eigenvalue weighted by Crippen LogP contribution is -2.45. The molecule has 6 nitrogen and oxygen atoms in total. The molecule has 0 aliphatic rings. The monoisotopic (exact) mass is 1060 g/mol. The molecule has 0 aliphatic heterocycles. The molecule has 0 spiro atoms. The second kappa shape index (κ2) is 64.9. The quantitative estimate of drug-likeness (QED) is 0.0320. The van der Waals surface area contributed by atoms with Gasteiger partial charge < -0.3 is 20.3 Å². The molecule has 0 saturated heterocycles. The lowest BCUT2D eigenvalue weighted by molar-refractivity contribution is -0.143. The van der Waals surface area contributed by atoms with Crippen LogP contribution in [0.15, 0.2) is 24.3 Å². The van der Waals surface area contributed by atoms with E-state index < -0.39 is 12.1 Å². The molecule has 0 bridgehead atoms. The fourth-order valence-corrected chi connectivity index (χ4v) is 10.7. The standard InChI is InChI=1S/C69H133NO5/c1-3-5-7-9-11-13-15-17-19-21-22-26-30-33-37-41-45-49-53-57-61-67(72)66(65-71)70-68(73)62-58-54-50-46-42-38-34-31-27-24-23-25-28-32-36-40-44-48-52-56-60-64-75-69(74)63-59-55-51-47-43-39-35-29-20-18-16-14-12-10-8-6-4-2/h18,20,24,27,66-67,71-72H,3-17,19,21-23,25-26,28-65H2,1-2H3,(H,70,73)/b20-18-,27-24-. The van der Waals surface area contributed by atoms with Crippen LogP contribution in [0.2, 0.25) is 0 Å². The zero-order valence-electron chi connectivity index (χ0n) is 50.8. The number of carbonyl (C=O) groups is 2. The van der Waals surface area contributed by atoms with Crippen molar-refractivity contribution in [1.82, 2.24) is 5.32 Å². The van der Waals surface area contributed by atoms with Gasteiger partial charge in [0.1, 0.15) is 0 Å². The molecule has 2 unspecified atom stereocenters. The fraction of sp³-hybridized carbons (Fsp3) is 0.913. The summed E-state index contributed by atoms with van der Waals surface area (Å²) in [6, 6.07) is -0.548. The molecule has 2 atom stereocenters. The van der Waals surface area contributed by atoms with Gasteiger partial charge in [-0.15, -0.1) is 0 Å². The van der Waals surface area contributed by atoms with Gasteiger partial charge in [-0.05, 0) is 77.0 Å². The fourth-order valence-electron chi connectivity index (χ4n) is 10.7. The molecule has 3 N–H and O–H groups in total. The van der Waals surface area contributed by atoms with Gasteiger partial charge in [-0.2, -0.15) is 0 Å². The summed E-state index contributed by atoms with van der Waals surface area (Å²) in [5, 5.41) is 23.4. The van der Waals surface area contributed by atoms with E-state index in [0.717, 1.165) is 44.9 Å². The molecule has 0 aromatic carbocycles. The summed E-state index contributed by atoms with van der Waals surface area (Å²) in [6.07, 6.45) is 80.6. The van der Waals surface area contributed by atoms with Crippen molar-refractivity contribution in [3.05, 3.63) is 24.3 Å². The maximum absolute atomic E-state index is 12.5. The maximum atomic E-state index is 12.5. The third-order valence-electron chi connectivity index (χ3n) is 16.0. The second-order valence-electron chi connectivity index (χ2n) is 23.5. The van der Waals surface area contributed by atoms with Gasteiger partial charge in [0.15, 0.2) is 0 Å². The lowest BCUT2D eigenvalue weighted by Gasteiger charge is -2.22. The highest BCUT2D eigenvalue weighted by Crippen LogP contribution is 2.18. The van der Waals surface area contributed by atoms with Gasteiger partial charge in [0, 0.05) is 12.8 Å². The number of rotatable bonds is 64. The number of carbonyl (C=O) groups excluding carboxylic acids is 2. The molecule has 444 valence electrons. The van der Waals surface area contributed by atoms with Crippen LogP contribution in [0.1, 0.15) is 380 Å². The molecule has 1 amide bonds. The minimum absolute atomic E-state index is 0.00577. The molecular formula is C69H133NO5. The van der Waals surface area contributed by atoms with Gasteiger partial charge in [0.25, 0.3) is 0 Å². The van der Waals surface area contributed by atoms with Crippen LogP contribution in [-0.4, -0.2) is 47.4 Å². The maximum Gasteiger partial charge on any atom is 0.305 e.